The zero-order valence-electron chi connectivity index (χ0n) is 12.5. The fraction of sp³-hybridized carbons (Fsp3) is 0.278. The smallest absolute Gasteiger partial charge is 0.222 e. The fourth-order valence-electron chi connectivity index (χ4n) is 2.27. The van der Waals surface area contributed by atoms with Crippen molar-refractivity contribution < 1.29 is 4.79 Å². The highest BCUT2D eigenvalue weighted by Crippen LogP contribution is 2.13. The molecule has 2 nitrogen and oxygen atoms in total. The van der Waals surface area contributed by atoms with Crippen LogP contribution in [0.5, 0.6) is 0 Å². The van der Waals surface area contributed by atoms with Gasteiger partial charge in [0.1, 0.15) is 0 Å². The lowest BCUT2D eigenvalue weighted by Gasteiger charge is -2.17. The molecule has 2 aromatic carbocycles. The van der Waals surface area contributed by atoms with Gasteiger partial charge in [-0.3, -0.25) is 4.79 Å². The van der Waals surface area contributed by atoms with Gasteiger partial charge in [-0.15, -0.1) is 0 Å². The SMILES string of the molecule is Cc1ccccc1CCC(=O)N(C)Cc1ccc(Br)cc1. The molecule has 0 aliphatic heterocycles. The van der Waals surface area contributed by atoms with E-state index in [4.69, 9.17) is 0 Å². The zero-order chi connectivity index (χ0) is 15.2. The van der Waals surface area contributed by atoms with Gasteiger partial charge in [0.05, 0.1) is 0 Å². The topological polar surface area (TPSA) is 20.3 Å². The summed E-state index contributed by atoms with van der Waals surface area (Å²) < 4.78 is 1.06. The molecule has 0 saturated heterocycles. The van der Waals surface area contributed by atoms with Gasteiger partial charge in [0.15, 0.2) is 0 Å². The van der Waals surface area contributed by atoms with E-state index in [1.54, 1.807) is 4.90 Å². The molecule has 0 heterocycles. The van der Waals surface area contributed by atoms with Crippen molar-refractivity contribution >= 4 is 21.8 Å². The van der Waals surface area contributed by atoms with Crippen LogP contribution in [0.15, 0.2) is 53.0 Å². The molecule has 0 N–H and O–H groups in total. The van der Waals surface area contributed by atoms with Crippen molar-refractivity contribution in [1.29, 1.82) is 0 Å². The number of benzene rings is 2. The van der Waals surface area contributed by atoms with Crippen LogP contribution in [0.3, 0.4) is 0 Å². The number of nitrogens with zero attached hydrogens (tertiary/aromatic N) is 1. The Labute approximate surface area is 134 Å². The first-order valence-corrected chi connectivity index (χ1v) is 7.88. The normalized spacial score (nSPS) is 10.4. The first-order valence-electron chi connectivity index (χ1n) is 7.09. The van der Waals surface area contributed by atoms with E-state index in [1.807, 2.05) is 43.4 Å². The molecule has 0 bridgehead atoms. The summed E-state index contributed by atoms with van der Waals surface area (Å²) in [6.07, 6.45) is 1.36. The third-order valence-electron chi connectivity index (χ3n) is 3.63. The van der Waals surface area contributed by atoms with Crippen LogP contribution in [-0.2, 0) is 17.8 Å². The maximum absolute atomic E-state index is 12.2. The van der Waals surface area contributed by atoms with Crippen molar-refractivity contribution in [3.05, 3.63) is 69.7 Å². The van der Waals surface area contributed by atoms with Crippen molar-refractivity contribution in [3.8, 4) is 0 Å². The Morgan fingerprint density at radius 2 is 1.76 bits per heavy atom. The standard InChI is InChI=1S/C18H20BrNO/c1-14-5-3-4-6-16(14)9-12-18(21)20(2)13-15-7-10-17(19)11-8-15/h3-8,10-11H,9,12-13H2,1-2H3. The maximum Gasteiger partial charge on any atom is 0.222 e. The van der Waals surface area contributed by atoms with Gasteiger partial charge >= 0.3 is 0 Å². The minimum atomic E-state index is 0.182. The molecule has 3 heteroatoms. The molecular weight excluding hydrogens is 326 g/mol. The van der Waals surface area contributed by atoms with Gasteiger partial charge < -0.3 is 4.90 Å². The average molecular weight is 346 g/mol. The lowest BCUT2D eigenvalue weighted by atomic mass is 10.0. The van der Waals surface area contributed by atoms with Gasteiger partial charge in [-0.2, -0.15) is 0 Å². The van der Waals surface area contributed by atoms with Crippen LogP contribution in [-0.4, -0.2) is 17.9 Å². The van der Waals surface area contributed by atoms with Gasteiger partial charge in [0, 0.05) is 24.5 Å². The number of aryl methyl sites for hydroxylation is 2. The van der Waals surface area contributed by atoms with Crippen molar-refractivity contribution in [3.63, 3.8) is 0 Å². The fourth-order valence-corrected chi connectivity index (χ4v) is 2.54. The summed E-state index contributed by atoms with van der Waals surface area (Å²) in [5.41, 5.74) is 3.65. The van der Waals surface area contributed by atoms with Gasteiger partial charge in [-0.1, -0.05) is 52.3 Å². The van der Waals surface area contributed by atoms with Crippen LogP contribution in [0.2, 0.25) is 0 Å². The van der Waals surface area contributed by atoms with Crippen LogP contribution < -0.4 is 0 Å². The van der Waals surface area contributed by atoms with Crippen molar-refractivity contribution in [2.24, 2.45) is 0 Å². The molecular formula is C18H20BrNO. The number of hydrogen-bond donors (Lipinski definition) is 0. The predicted molar refractivity (Wildman–Crippen MR) is 90.1 cm³/mol. The van der Waals surface area contributed by atoms with E-state index < -0.39 is 0 Å². The first kappa shape index (κ1) is 15.8. The third-order valence-corrected chi connectivity index (χ3v) is 4.16. The molecule has 0 aliphatic carbocycles. The minimum absolute atomic E-state index is 0.182. The summed E-state index contributed by atoms with van der Waals surface area (Å²) in [4.78, 5) is 14.0. The van der Waals surface area contributed by atoms with Gasteiger partial charge in [0.25, 0.3) is 0 Å². The van der Waals surface area contributed by atoms with E-state index in [2.05, 4.69) is 35.0 Å². The Bertz CT molecular complexity index is 607. The highest BCUT2D eigenvalue weighted by molar-refractivity contribution is 9.10. The summed E-state index contributed by atoms with van der Waals surface area (Å²) in [5.74, 6) is 0.182. The number of amides is 1. The molecule has 21 heavy (non-hydrogen) atoms. The van der Waals surface area contributed by atoms with E-state index in [0.717, 1.165) is 16.5 Å². The van der Waals surface area contributed by atoms with E-state index in [1.165, 1.54) is 11.1 Å². The van der Waals surface area contributed by atoms with E-state index in [-0.39, 0.29) is 5.91 Å². The second-order valence-corrected chi connectivity index (χ2v) is 6.22. The lowest BCUT2D eigenvalue weighted by molar-refractivity contribution is -0.130. The highest BCUT2D eigenvalue weighted by atomic mass is 79.9. The van der Waals surface area contributed by atoms with Crippen LogP contribution in [0.25, 0.3) is 0 Å². The van der Waals surface area contributed by atoms with Crippen LogP contribution in [0.4, 0.5) is 0 Å². The maximum atomic E-state index is 12.2. The van der Waals surface area contributed by atoms with Gasteiger partial charge in [-0.05, 0) is 42.2 Å². The Morgan fingerprint density at radius 3 is 2.43 bits per heavy atom. The summed E-state index contributed by atoms with van der Waals surface area (Å²) >= 11 is 3.42. The van der Waals surface area contributed by atoms with Crippen molar-refractivity contribution in [1.82, 2.24) is 4.90 Å². The average Bonchev–Trinajstić information content (AvgIpc) is 2.48. The Hall–Kier alpha value is -1.61. The summed E-state index contributed by atoms with van der Waals surface area (Å²) in [6, 6.07) is 16.3. The lowest BCUT2D eigenvalue weighted by Crippen LogP contribution is -2.26. The largest absolute Gasteiger partial charge is 0.341 e. The van der Waals surface area contributed by atoms with E-state index >= 15 is 0 Å². The zero-order valence-corrected chi connectivity index (χ0v) is 14.1. The highest BCUT2D eigenvalue weighted by Gasteiger charge is 2.10. The second kappa shape index (κ2) is 7.41. The van der Waals surface area contributed by atoms with Gasteiger partial charge in [0.2, 0.25) is 5.91 Å². The number of halogens is 1. The summed E-state index contributed by atoms with van der Waals surface area (Å²) in [7, 11) is 1.86. The molecule has 0 radical (unpaired) electrons. The van der Waals surface area contributed by atoms with Crippen LogP contribution in [0, 0.1) is 6.92 Å². The minimum Gasteiger partial charge on any atom is -0.341 e. The molecule has 0 aliphatic rings. The molecule has 110 valence electrons. The number of hydrogen-bond acceptors (Lipinski definition) is 1. The molecule has 1 amide bonds. The number of rotatable bonds is 5. The number of carbonyl (C=O) groups is 1. The molecule has 0 atom stereocenters. The van der Waals surface area contributed by atoms with Crippen molar-refractivity contribution in [2.75, 3.05) is 7.05 Å². The molecule has 2 aromatic rings. The Kier molecular flexibility index (Phi) is 5.57. The number of carbonyl (C=O) groups excluding carboxylic acids is 1. The summed E-state index contributed by atoms with van der Waals surface area (Å²) in [6.45, 7) is 2.74. The summed E-state index contributed by atoms with van der Waals surface area (Å²) in [5, 5.41) is 0. The Balaban J connectivity index is 1.88. The molecule has 2 rings (SSSR count). The molecule has 0 aromatic heterocycles. The molecule has 0 unspecified atom stereocenters. The first-order chi connectivity index (χ1) is 10.1. The quantitative estimate of drug-likeness (QED) is 0.788. The molecule has 0 spiro atoms. The van der Waals surface area contributed by atoms with Crippen LogP contribution in [0.1, 0.15) is 23.1 Å². The van der Waals surface area contributed by atoms with E-state index in [9.17, 15) is 4.79 Å². The van der Waals surface area contributed by atoms with Gasteiger partial charge in [-0.25, -0.2) is 0 Å². The van der Waals surface area contributed by atoms with E-state index in [0.29, 0.717) is 13.0 Å². The molecule has 0 fully saturated rings. The monoisotopic (exact) mass is 345 g/mol. The Morgan fingerprint density at radius 1 is 1.10 bits per heavy atom. The predicted octanol–water partition coefficient (Wildman–Crippen LogP) is 4.35. The third kappa shape index (κ3) is 4.71. The van der Waals surface area contributed by atoms with Crippen molar-refractivity contribution in [2.45, 2.75) is 26.3 Å². The molecule has 0 saturated carbocycles. The second-order valence-electron chi connectivity index (χ2n) is 5.30. The van der Waals surface area contributed by atoms with Crippen LogP contribution >= 0.6 is 15.9 Å².